The lowest BCUT2D eigenvalue weighted by molar-refractivity contribution is 0.105. The Hall–Kier alpha value is -0.560. The Kier molecular flexibility index (Phi) is 4.60. The molecule has 0 heterocycles. The van der Waals surface area contributed by atoms with Crippen LogP contribution in [0.4, 0.5) is 0 Å². The van der Waals surface area contributed by atoms with Gasteiger partial charge >= 0.3 is 0 Å². The van der Waals surface area contributed by atoms with Crippen molar-refractivity contribution in [1.29, 1.82) is 0 Å². The van der Waals surface area contributed by atoms with Crippen molar-refractivity contribution in [3.05, 3.63) is 24.3 Å². The molecule has 0 radical (unpaired) electrons. The first-order valence-electron chi connectivity index (χ1n) is 5.17. The van der Waals surface area contributed by atoms with E-state index in [1.54, 1.807) is 0 Å². The number of hydrogen-bond donors (Lipinski definition) is 1. The summed E-state index contributed by atoms with van der Waals surface area (Å²) >= 11 is 0. The zero-order valence-electron chi connectivity index (χ0n) is 10.3. The van der Waals surface area contributed by atoms with E-state index in [4.69, 9.17) is 0 Å². The molecule has 1 atom stereocenters. The van der Waals surface area contributed by atoms with Crippen LogP contribution in [0.1, 0.15) is 41.5 Å². The van der Waals surface area contributed by atoms with E-state index >= 15 is 0 Å². The lowest BCUT2D eigenvalue weighted by atomic mass is 9.89. The van der Waals surface area contributed by atoms with Gasteiger partial charge in [-0.1, -0.05) is 65.8 Å². The van der Waals surface area contributed by atoms with Gasteiger partial charge in [0.2, 0.25) is 0 Å². The van der Waals surface area contributed by atoms with Crippen LogP contribution >= 0.6 is 0 Å². The van der Waals surface area contributed by atoms with Crippen molar-refractivity contribution >= 4 is 0 Å². The van der Waals surface area contributed by atoms with Gasteiger partial charge in [-0.3, -0.25) is 0 Å². The Bertz CT molecular complexity index is 210. The van der Waals surface area contributed by atoms with Crippen LogP contribution in [0.5, 0.6) is 0 Å². The zero-order chi connectivity index (χ0) is 11.4. The molecule has 0 aromatic rings. The molecular formula is C13H24O. The molecule has 0 saturated heterocycles. The van der Waals surface area contributed by atoms with Crippen LogP contribution in [0.15, 0.2) is 24.3 Å². The van der Waals surface area contributed by atoms with Gasteiger partial charge in [0.05, 0.1) is 6.10 Å². The third-order valence-corrected chi connectivity index (χ3v) is 1.89. The molecule has 0 rings (SSSR count). The Morgan fingerprint density at radius 2 is 1.43 bits per heavy atom. The molecule has 0 fully saturated rings. The summed E-state index contributed by atoms with van der Waals surface area (Å²) in [6.45, 7) is 12.5. The Balaban J connectivity index is 4.15. The zero-order valence-corrected chi connectivity index (χ0v) is 10.3. The first-order chi connectivity index (χ1) is 6.13. The molecule has 0 aliphatic carbocycles. The van der Waals surface area contributed by atoms with Gasteiger partial charge < -0.3 is 5.11 Å². The summed E-state index contributed by atoms with van der Waals surface area (Å²) in [6, 6.07) is 0. The van der Waals surface area contributed by atoms with Crippen LogP contribution in [0.3, 0.4) is 0 Å². The predicted octanol–water partition coefficient (Wildman–Crippen LogP) is 3.55. The highest BCUT2D eigenvalue weighted by molar-refractivity contribution is 5.09. The highest BCUT2D eigenvalue weighted by Gasteiger charge is 2.18. The van der Waals surface area contributed by atoms with E-state index in [0.717, 1.165) is 0 Å². The topological polar surface area (TPSA) is 20.2 Å². The third-order valence-electron chi connectivity index (χ3n) is 1.89. The molecular weight excluding hydrogens is 172 g/mol. The van der Waals surface area contributed by atoms with E-state index in [9.17, 15) is 5.11 Å². The van der Waals surface area contributed by atoms with Crippen molar-refractivity contribution in [1.82, 2.24) is 0 Å². The van der Waals surface area contributed by atoms with E-state index in [-0.39, 0.29) is 16.9 Å². The third kappa shape index (κ3) is 6.90. The Labute approximate surface area is 88.5 Å². The maximum absolute atomic E-state index is 9.69. The quantitative estimate of drug-likeness (QED) is 0.670. The summed E-state index contributed by atoms with van der Waals surface area (Å²) in [4.78, 5) is 0. The average molecular weight is 196 g/mol. The molecule has 1 N–H and O–H groups in total. The summed E-state index contributed by atoms with van der Waals surface area (Å²) in [6.07, 6.45) is 7.49. The highest BCUT2D eigenvalue weighted by atomic mass is 16.3. The van der Waals surface area contributed by atoms with Crippen LogP contribution in [-0.4, -0.2) is 11.2 Å². The van der Waals surface area contributed by atoms with E-state index in [0.29, 0.717) is 0 Å². The van der Waals surface area contributed by atoms with Crippen molar-refractivity contribution in [3.63, 3.8) is 0 Å². The fourth-order valence-electron chi connectivity index (χ4n) is 0.802. The second kappa shape index (κ2) is 4.79. The SMILES string of the molecule is CC(C)(C)/C=C/C=C/[C@H](O)C(C)(C)C. The fourth-order valence-corrected chi connectivity index (χ4v) is 0.802. The molecule has 82 valence electrons. The van der Waals surface area contributed by atoms with Gasteiger partial charge in [-0.25, -0.2) is 0 Å². The van der Waals surface area contributed by atoms with Crippen molar-refractivity contribution in [2.75, 3.05) is 0 Å². The summed E-state index contributed by atoms with van der Waals surface area (Å²) in [5, 5.41) is 9.69. The maximum atomic E-state index is 9.69. The van der Waals surface area contributed by atoms with Crippen LogP contribution < -0.4 is 0 Å². The fraction of sp³-hybridized carbons (Fsp3) is 0.692. The van der Waals surface area contributed by atoms with Crippen molar-refractivity contribution in [3.8, 4) is 0 Å². The first kappa shape index (κ1) is 13.4. The van der Waals surface area contributed by atoms with Gasteiger partial charge in [0.1, 0.15) is 0 Å². The monoisotopic (exact) mass is 196 g/mol. The molecule has 0 spiro atoms. The number of aliphatic hydroxyl groups excluding tert-OH is 1. The molecule has 0 aliphatic heterocycles. The number of rotatable bonds is 2. The van der Waals surface area contributed by atoms with E-state index in [2.05, 4.69) is 26.8 Å². The van der Waals surface area contributed by atoms with Crippen LogP contribution in [0, 0.1) is 10.8 Å². The standard InChI is InChI=1S/C13H24O/c1-12(2,3)10-8-7-9-11(14)13(4,5)6/h7-11,14H,1-6H3/b9-7+,10-8+/t11-/m0/s1. The van der Waals surface area contributed by atoms with Crippen molar-refractivity contribution < 1.29 is 5.11 Å². The molecule has 14 heavy (non-hydrogen) atoms. The predicted molar refractivity (Wildman–Crippen MR) is 63.2 cm³/mol. The van der Waals surface area contributed by atoms with Crippen LogP contribution in [0.25, 0.3) is 0 Å². The Morgan fingerprint density at radius 3 is 1.79 bits per heavy atom. The van der Waals surface area contributed by atoms with Crippen molar-refractivity contribution in [2.45, 2.75) is 47.6 Å². The van der Waals surface area contributed by atoms with Gasteiger partial charge in [-0.15, -0.1) is 0 Å². The van der Waals surface area contributed by atoms with Crippen LogP contribution in [0.2, 0.25) is 0 Å². The van der Waals surface area contributed by atoms with Gasteiger partial charge in [-0.05, 0) is 10.8 Å². The summed E-state index contributed by atoms with van der Waals surface area (Å²) in [7, 11) is 0. The number of hydrogen-bond acceptors (Lipinski definition) is 1. The molecule has 0 bridgehead atoms. The first-order valence-corrected chi connectivity index (χ1v) is 5.17. The molecule has 0 aromatic heterocycles. The second-order valence-electron chi connectivity index (χ2n) is 5.92. The maximum Gasteiger partial charge on any atom is 0.0772 e. The normalized spacial score (nSPS) is 16.8. The van der Waals surface area contributed by atoms with Crippen molar-refractivity contribution in [2.24, 2.45) is 10.8 Å². The van der Waals surface area contributed by atoms with E-state index in [1.165, 1.54) is 0 Å². The lowest BCUT2D eigenvalue weighted by Gasteiger charge is -2.22. The van der Waals surface area contributed by atoms with Gasteiger partial charge in [0, 0.05) is 0 Å². The second-order valence-corrected chi connectivity index (χ2v) is 5.92. The average Bonchev–Trinajstić information content (AvgIpc) is 1.93. The molecule has 0 aromatic carbocycles. The molecule has 0 saturated carbocycles. The number of aliphatic hydroxyl groups is 1. The molecule has 1 heteroatoms. The minimum atomic E-state index is -0.382. The highest BCUT2D eigenvalue weighted by Crippen LogP contribution is 2.20. The summed E-state index contributed by atoms with van der Waals surface area (Å²) < 4.78 is 0. The molecule has 0 unspecified atom stereocenters. The summed E-state index contributed by atoms with van der Waals surface area (Å²) in [5.41, 5.74) is 0.128. The minimum absolute atomic E-state index is 0.0773. The Morgan fingerprint density at radius 1 is 0.929 bits per heavy atom. The van der Waals surface area contributed by atoms with Crippen LogP contribution in [-0.2, 0) is 0 Å². The molecule has 0 aliphatic rings. The lowest BCUT2D eigenvalue weighted by Crippen LogP contribution is -2.23. The molecule has 0 amide bonds. The van der Waals surface area contributed by atoms with Gasteiger partial charge in [-0.2, -0.15) is 0 Å². The smallest absolute Gasteiger partial charge is 0.0772 e. The van der Waals surface area contributed by atoms with E-state index in [1.807, 2.05) is 39.0 Å². The van der Waals surface area contributed by atoms with E-state index < -0.39 is 0 Å². The number of allylic oxidation sites excluding steroid dienone is 3. The minimum Gasteiger partial charge on any atom is -0.388 e. The van der Waals surface area contributed by atoms with Gasteiger partial charge in [0.15, 0.2) is 0 Å². The molecule has 1 nitrogen and oxygen atoms in total. The largest absolute Gasteiger partial charge is 0.388 e. The van der Waals surface area contributed by atoms with Gasteiger partial charge in [0.25, 0.3) is 0 Å². The summed E-state index contributed by atoms with van der Waals surface area (Å²) in [5.74, 6) is 0.